The van der Waals surface area contributed by atoms with E-state index in [2.05, 4.69) is 87.6 Å². The molecule has 0 saturated heterocycles. The molecular formula is C70H124O6. The van der Waals surface area contributed by atoms with Crippen LogP contribution in [0, 0.1) is 0 Å². The molecule has 0 spiro atoms. The summed E-state index contributed by atoms with van der Waals surface area (Å²) in [6.45, 7) is 6.42. The highest BCUT2D eigenvalue weighted by molar-refractivity contribution is 5.71. The van der Waals surface area contributed by atoms with Crippen molar-refractivity contribution in [3.63, 3.8) is 0 Å². The van der Waals surface area contributed by atoms with E-state index in [9.17, 15) is 14.4 Å². The van der Waals surface area contributed by atoms with Crippen molar-refractivity contribution in [2.75, 3.05) is 13.2 Å². The van der Waals surface area contributed by atoms with Crippen LogP contribution in [0.15, 0.2) is 72.9 Å². The summed E-state index contributed by atoms with van der Waals surface area (Å²) < 4.78 is 16.8. The molecule has 1 atom stereocenters. The number of unbranched alkanes of at least 4 members (excludes halogenated alkanes) is 37. The van der Waals surface area contributed by atoms with E-state index in [1.807, 2.05) is 6.08 Å². The van der Waals surface area contributed by atoms with Crippen LogP contribution in [0.1, 0.15) is 335 Å². The van der Waals surface area contributed by atoms with E-state index in [4.69, 9.17) is 14.2 Å². The van der Waals surface area contributed by atoms with Crippen LogP contribution < -0.4 is 0 Å². The molecule has 0 heterocycles. The van der Waals surface area contributed by atoms with Gasteiger partial charge in [0.05, 0.1) is 0 Å². The van der Waals surface area contributed by atoms with Crippen molar-refractivity contribution >= 4 is 17.9 Å². The van der Waals surface area contributed by atoms with Gasteiger partial charge in [-0.05, 0) is 89.9 Å². The summed E-state index contributed by atoms with van der Waals surface area (Å²) in [5, 5.41) is 0. The van der Waals surface area contributed by atoms with Crippen LogP contribution in [0.25, 0.3) is 0 Å². The SMILES string of the molecule is CC/C=C\C/C=C\C/C=C\C/C=C\CCC(=O)OC(COC(=O)CCCCCCC/C=C\CCC)COC(=O)CCCCCCCCCCCCCCCCCCCCCCCCC/C=C\CCCCCCCCCC. The van der Waals surface area contributed by atoms with Crippen molar-refractivity contribution in [3.8, 4) is 0 Å². The number of hydrogen-bond acceptors (Lipinski definition) is 6. The first-order valence-corrected chi connectivity index (χ1v) is 32.9. The van der Waals surface area contributed by atoms with Crippen molar-refractivity contribution < 1.29 is 28.6 Å². The van der Waals surface area contributed by atoms with Gasteiger partial charge in [0, 0.05) is 19.3 Å². The quantitative estimate of drug-likeness (QED) is 0.0261. The lowest BCUT2D eigenvalue weighted by atomic mass is 10.0. The highest BCUT2D eigenvalue weighted by atomic mass is 16.6. The Hall–Kier alpha value is -3.15. The summed E-state index contributed by atoms with van der Waals surface area (Å²) in [6, 6.07) is 0. The molecule has 6 heteroatoms. The van der Waals surface area contributed by atoms with E-state index >= 15 is 0 Å². The lowest BCUT2D eigenvalue weighted by molar-refractivity contribution is -0.166. The molecule has 0 radical (unpaired) electrons. The Balaban J connectivity index is 4.00. The Morgan fingerprint density at radius 3 is 0.908 bits per heavy atom. The van der Waals surface area contributed by atoms with E-state index in [1.165, 1.54) is 205 Å². The molecule has 0 aliphatic heterocycles. The molecule has 0 aromatic rings. The number of hydrogen-bond donors (Lipinski definition) is 0. The van der Waals surface area contributed by atoms with Crippen LogP contribution in [0.3, 0.4) is 0 Å². The molecule has 0 N–H and O–H groups in total. The molecule has 0 aliphatic carbocycles. The van der Waals surface area contributed by atoms with E-state index in [0.717, 1.165) is 83.5 Å². The number of rotatable bonds is 60. The van der Waals surface area contributed by atoms with Crippen LogP contribution in [0.2, 0.25) is 0 Å². The zero-order valence-electron chi connectivity index (χ0n) is 50.5. The molecule has 0 aliphatic rings. The molecule has 76 heavy (non-hydrogen) atoms. The monoisotopic (exact) mass is 1060 g/mol. The minimum absolute atomic E-state index is 0.104. The van der Waals surface area contributed by atoms with E-state index < -0.39 is 6.10 Å². The van der Waals surface area contributed by atoms with Crippen molar-refractivity contribution in [3.05, 3.63) is 72.9 Å². The van der Waals surface area contributed by atoms with Gasteiger partial charge in [-0.1, -0.05) is 299 Å². The van der Waals surface area contributed by atoms with Gasteiger partial charge in [0.2, 0.25) is 0 Å². The van der Waals surface area contributed by atoms with Crippen LogP contribution in [-0.2, 0) is 28.6 Å². The van der Waals surface area contributed by atoms with Gasteiger partial charge in [-0.3, -0.25) is 14.4 Å². The molecule has 6 nitrogen and oxygen atoms in total. The third kappa shape index (κ3) is 61.7. The van der Waals surface area contributed by atoms with Crippen molar-refractivity contribution in [2.45, 2.75) is 341 Å². The molecule has 0 aromatic carbocycles. The predicted molar refractivity (Wildman–Crippen MR) is 330 cm³/mol. The van der Waals surface area contributed by atoms with E-state index in [-0.39, 0.29) is 37.5 Å². The smallest absolute Gasteiger partial charge is 0.306 e. The standard InChI is InChI=1S/C70H124O6/c1-4-7-10-13-16-19-22-24-25-26-27-28-29-30-31-32-33-34-35-36-37-38-39-40-41-42-43-44-45-47-48-51-54-57-60-63-69(72)75-66-67(65-74-68(71)62-59-56-53-50-21-18-15-12-9-6-3)76-70(73)64-61-58-55-52-49-46-23-20-17-14-11-8-5-2/h8,11-12,15,17,20,26-27,46,49,55,58,67H,4-7,9-10,13-14,16,18-19,21-25,28-45,47-48,50-54,56-57,59-66H2,1-3H3/b11-8-,15-12-,20-17-,27-26-,49-46-,58-55-. The number of esters is 3. The Morgan fingerprint density at radius 1 is 0.276 bits per heavy atom. The fourth-order valence-corrected chi connectivity index (χ4v) is 9.52. The van der Waals surface area contributed by atoms with Crippen LogP contribution >= 0.6 is 0 Å². The third-order valence-corrected chi connectivity index (χ3v) is 14.4. The zero-order valence-corrected chi connectivity index (χ0v) is 50.5. The largest absolute Gasteiger partial charge is 0.462 e. The molecular weight excluding hydrogens is 937 g/mol. The average Bonchev–Trinajstić information content (AvgIpc) is 3.42. The first-order chi connectivity index (χ1) is 37.5. The second kappa shape index (κ2) is 64.4. The topological polar surface area (TPSA) is 78.9 Å². The van der Waals surface area contributed by atoms with Gasteiger partial charge in [0.1, 0.15) is 13.2 Å². The second-order valence-corrected chi connectivity index (χ2v) is 22.0. The van der Waals surface area contributed by atoms with E-state index in [0.29, 0.717) is 19.3 Å². The minimum atomic E-state index is -0.814. The Bertz CT molecular complexity index is 1400. The van der Waals surface area contributed by atoms with Crippen molar-refractivity contribution in [2.24, 2.45) is 0 Å². The van der Waals surface area contributed by atoms with Gasteiger partial charge < -0.3 is 14.2 Å². The molecule has 0 fully saturated rings. The highest BCUT2D eigenvalue weighted by Gasteiger charge is 2.19. The zero-order chi connectivity index (χ0) is 55.0. The number of carbonyl (C=O) groups excluding carboxylic acids is 3. The van der Waals surface area contributed by atoms with Gasteiger partial charge in [-0.15, -0.1) is 0 Å². The molecule has 0 saturated carbocycles. The van der Waals surface area contributed by atoms with Crippen LogP contribution in [0.5, 0.6) is 0 Å². The molecule has 0 rings (SSSR count). The second-order valence-electron chi connectivity index (χ2n) is 22.0. The number of carbonyl (C=O) groups is 3. The summed E-state index contributed by atoms with van der Waals surface area (Å²) in [7, 11) is 0. The predicted octanol–water partition coefficient (Wildman–Crippen LogP) is 22.5. The maximum Gasteiger partial charge on any atom is 0.306 e. The Labute approximate surface area is 472 Å². The average molecular weight is 1060 g/mol. The van der Waals surface area contributed by atoms with Crippen LogP contribution in [0.4, 0.5) is 0 Å². The maximum absolute atomic E-state index is 12.8. The Morgan fingerprint density at radius 2 is 0.566 bits per heavy atom. The molecule has 1 unspecified atom stereocenters. The number of allylic oxidation sites excluding steroid dienone is 12. The minimum Gasteiger partial charge on any atom is -0.462 e. The van der Waals surface area contributed by atoms with Gasteiger partial charge in [0.15, 0.2) is 6.10 Å². The first-order valence-electron chi connectivity index (χ1n) is 32.9. The molecule has 440 valence electrons. The van der Waals surface area contributed by atoms with Gasteiger partial charge in [0.25, 0.3) is 0 Å². The summed E-state index contributed by atoms with van der Waals surface area (Å²) in [4.78, 5) is 38.0. The maximum atomic E-state index is 12.8. The summed E-state index contributed by atoms with van der Waals surface area (Å²) in [5.74, 6) is -0.988. The van der Waals surface area contributed by atoms with Crippen molar-refractivity contribution in [1.29, 1.82) is 0 Å². The normalized spacial score (nSPS) is 12.5. The lowest BCUT2D eigenvalue weighted by Gasteiger charge is -2.18. The van der Waals surface area contributed by atoms with Gasteiger partial charge in [-0.25, -0.2) is 0 Å². The number of ether oxygens (including phenoxy) is 3. The first kappa shape index (κ1) is 72.8. The highest BCUT2D eigenvalue weighted by Crippen LogP contribution is 2.17. The molecule has 0 bridgehead atoms. The summed E-state index contributed by atoms with van der Waals surface area (Å²) >= 11 is 0. The third-order valence-electron chi connectivity index (χ3n) is 14.4. The van der Waals surface area contributed by atoms with E-state index in [1.54, 1.807) is 0 Å². The van der Waals surface area contributed by atoms with Gasteiger partial charge in [-0.2, -0.15) is 0 Å². The molecule has 0 aromatic heterocycles. The summed E-state index contributed by atoms with van der Waals surface area (Å²) in [6.07, 6.45) is 84.1. The van der Waals surface area contributed by atoms with Crippen LogP contribution in [-0.4, -0.2) is 37.2 Å². The van der Waals surface area contributed by atoms with Crippen molar-refractivity contribution in [1.82, 2.24) is 0 Å². The lowest BCUT2D eigenvalue weighted by Crippen LogP contribution is -2.30. The summed E-state index contributed by atoms with van der Waals surface area (Å²) in [5.41, 5.74) is 0. The molecule has 0 amide bonds. The van der Waals surface area contributed by atoms with Gasteiger partial charge >= 0.3 is 17.9 Å². The fourth-order valence-electron chi connectivity index (χ4n) is 9.52. The Kier molecular flexibility index (Phi) is 61.7. The fraction of sp³-hybridized carbons (Fsp3) is 0.786.